The van der Waals surface area contributed by atoms with Gasteiger partial charge in [-0.3, -0.25) is 15.0 Å². The summed E-state index contributed by atoms with van der Waals surface area (Å²) in [5.74, 6) is 0. The van der Waals surface area contributed by atoms with Crippen LogP contribution in [0.5, 0.6) is 0 Å². The lowest BCUT2D eigenvalue weighted by atomic mass is 9.99. The van der Waals surface area contributed by atoms with E-state index in [0.717, 1.165) is 17.1 Å². The summed E-state index contributed by atoms with van der Waals surface area (Å²) in [5.41, 5.74) is 12.9. The molecule has 1 atom stereocenters. The number of aryl methyl sites for hydroxylation is 6. The van der Waals surface area contributed by atoms with Crippen molar-refractivity contribution in [3.05, 3.63) is 154 Å². The molecule has 1 unspecified atom stereocenters. The monoisotopic (exact) mass is 526 g/mol. The van der Waals surface area contributed by atoms with Gasteiger partial charge in [-0.15, -0.1) is 0 Å². The van der Waals surface area contributed by atoms with Crippen molar-refractivity contribution < 1.29 is 0 Å². The summed E-state index contributed by atoms with van der Waals surface area (Å²) in [6.07, 6.45) is 5.43. The Kier molecular flexibility index (Phi) is 9.58. The van der Waals surface area contributed by atoms with Crippen molar-refractivity contribution in [3.8, 4) is 0 Å². The van der Waals surface area contributed by atoms with Crippen LogP contribution in [0.3, 0.4) is 0 Å². The lowest BCUT2D eigenvalue weighted by Crippen LogP contribution is -2.15. The number of benzene rings is 3. The van der Waals surface area contributed by atoms with Crippen LogP contribution in [-0.2, 0) is 0 Å². The first-order valence-corrected chi connectivity index (χ1v) is 13.6. The molecule has 2 aromatic heterocycles. The van der Waals surface area contributed by atoms with E-state index in [2.05, 4.69) is 116 Å². The van der Waals surface area contributed by atoms with E-state index in [1.165, 1.54) is 44.6 Å². The Morgan fingerprint density at radius 3 is 1.73 bits per heavy atom. The van der Waals surface area contributed by atoms with Gasteiger partial charge in [0.2, 0.25) is 0 Å². The molecule has 3 aromatic carbocycles. The summed E-state index contributed by atoms with van der Waals surface area (Å²) in [6, 6.07) is 31.1. The molecule has 0 saturated carbocycles. The Bertz CT molecular complexity index is 1470. The molecule has 5 rings (SSSR count). The van der Waals surface area contributed by atoms with Crippen LogP contribution < -0.4 is 5.32 Å². The van der Waals surface area contributed by atoms with Crippen molar-refractivity contribution >= 4 is 17.6 Å². The second-order valence-electron chi connectivity index (χ2n) is 10.3. The third kappa shape index (κ3) is 7.51. The van der Waals surface area contributed by atoms with E-state index >= 15 is 0 Å². The molecule has 0 amide bonds. The zero-order chi connectivity index (χ0) is 28.5. The first kappa shape index (κ1) is 28.4. The van der Waals surface area contributed by atoms with Crippen LogP contribution >= 0.6 is 0 Å². The first-order chi connectivity index (χ1) is 19.3. The number of aliphatic imine (C=N–C) groups is 1. The van der Waals surface area contributed by atoms with Gasteiger partial charge in [0, 0.05) is 18.1 Å². The largest absolute Gasteiger partial charge is 0.372 e. The summed E-state index contributed by atoms with van der Waals surface area (Å²) in [7, 11) is 0. The average molecular weight is 527 g/mol. The molecule has 4 heteroatoms. The zero-order valence-electron chi connectivity index (χ0n) is 24.3. The molecule has 1 N–H and O–H groups in total. The van der Waals surface area contributed by atoms with E-state index in [4.69, 9.17) is 0 Å². The molecule has 5 aromatic rings. The third-order valence-corrected chi connectivity index (χ3v) is 6.73. The number of anilines is 1. The minimum absolute atomic E-state index is 0.0394. The number of aromatic nitrogens is 2. The lowest BCUT2D eigenvalue weighted by Gasteiger charge is -2.23. The van der Waals surface area contributed by atoms with Crippen molar-refractivity contribution in [3.63, 3.8) is 0 Å². The SMILES string of the molecule is Cc1cc(C)c(N=Cc2ccccn2)c(C)c1.Cc1cc(C)c(NC(c2ccccc2)c2ccccn2)c(C)c1. The minimum atomic E-state index is 0.0394. The van der Waals surface area contributed by atoms with Gasteiger partial charge in [0.1, 0.15) is 0 Å². The van der Waals surface area contributed by atoms with Gasteiger partial charge in [-0.05, 0) is 93.6 Å². The Morgan fingerprint density at radius 1 is 0.625 bits per heavy atom. The fourth-order valence-corrected chi connectivity index (χ4v) is 5.03. The van der Waals surface area contributed by atoms with Gasteiger partial charge in [0.05, 0.1) is 29.3 Å². The quantitative estimate of drug-likeness (QED) is 0.225. The van der Waals surface area contributed by atoms with E-state index in [0.29, 0.717) is 0 Å². The lowest BCUT2D eigenvalue weighted by molar-refractivity contribution is 0.883. The molecule has 0 fully saturated rings. The molecule has 40 heavy (non-hydrogen) atoms. The van der Waals surface area contributed by atoms with Gasteiger partial charge >= 0.3 is 0 Å². The maximum atomic E-state index is 4.57. The van der Waals surface area contributed by atoms with E-state index in [9.17, 15) is 0 Å². The first-order valence-electron chi connectivity index (χ1n) is 13.6. The summed E-state index contributed by atoms with van der Waals surface area (Å²) >= 11 is 0. The highest BCUT2D eigenvalue weighted by Gasteiger charge is 2.17. The summed E-state index contributed by atoms with van der Waals surface area (Å²) in [6.45, 7) is 12.7. The summed E-state index contributed by atoms with van der Waals surface area (Å²) < 4.78 is 0. The molecule has 0 spiro atoms. The van der Waals surface area contributed by atoms with Crippen LogP contribution in [-0.4, -0.2) is 16.2 Å². The number of rotatable bonds is 6. The maximum absolute atomic E-state index is 4.57. The number of nitrogens with zero attached hydrogens (tertiary/aromatic N) is 3. The van der Waals surface area contributed by atoms with Crippen LogP contribution in [0.15, 0.2) is 108 Å². The molecule has 0 aliphatic heterocycles. The fraction of sp³-hybridized carbons (Fsp3) is 0.194. The van der Waals surface area contributed by atoms with E-state index in [-0.39, 0.29) is 6.04 Å². The Morgan fingerprint density at radius 2 is 1.18 bits per heavy atom. The Labute approximate surface area is 238 Å². The number of pyridine rings is 2. The molecular weight excluding hydrogens is 488 g/mol. The second kappa shape index (κ2) is 13.5. The molecule has 0 saturated heterocycles. The molecule has 0 radical (unpaired) electrons. The third-order valence-electron chi connectivity index (χ3n) is 6.73. The smallest absolute Gasteiger partial charge is 0.0940 e. The van der Waals surface area contributed by atoms with Gasteiger partial charge in [-0.1, -0.05) is 77.9 Å². The maximum Gasteiger partial charge on any atom is 0.0940 e. The molecular formula is C36H38N4. The molecule has 4 nitrogen and oxygen atoms in total. The van der Waals surface area contributed by atoms with Gasteiger partial charge in [-0.2, -0.15) is 0 Å². The van der Waals surface area contributed by atoms with Crippen molar-refractivity contribution in [1.29, 1.82) is 0 Å². The highest BCUT2D eigenvalue weighted by molar-refractivity contribution is 5.80. The standard InChI is InChI=1S/C21H22N2.C15H16N2/c1-15-13-16(2)20(17(3)14-15)23-21(18-9-5-4-6-10-18)19-11-7-8-12-22-19;1-11-8-12(2)15(13(3)9-11)17-10-14-6-4-5-7-16-14/h4-14,21,23H,1-3H3;4-10H,1-3H3. The Balaban J connectivity index is 0.000000194. The van der Waals surface area contributed by atoms with E-state index < -0.39 is 0 Å². The predicted molar refractivity (Wildman–Crippen MR) is 169 cm³/mol. The number of hydrogen-bond acceptors (Lipinski definition) is 4. The van der Waals surface area contributed by atoms with Gasteiger partial charge in [0.15, 0.2) is 0 Å². The molecule has 0 aliphatic rings. The van der Waals surface area contributed by atoms with Crippen molar-refractivity contribution in [2.24, 2.45) is 4.99 Å². The van der Waals surface area contributed by atoms with E-state index in [1.54, 1.807) is 6.20 Å². The second-order valence-corrected chi connectivity index (χ2v) is 10.3. The van der Waals surface area contributed by atoms with Crippen LogP contribution in [0, 0.1) is 41.5 Å². The van der Waals surface area contributed by atoms with Crippen LogP contribution in [0.4, 0.5) is 11.4 Å². The minimum Gasteiger partial charge on any atom is -0.372 e. The number of hydrogen-bond donors (Lipinski definition) is 1. The van der Waals surface area contributed by atoms with Crippen LogP contribution in [0.1, 0.15) is 56.4 Å². The molecule has 0 aliphatic carbocycles. The van der Waals surface area contributed by atoms with Crippen LogP contribution in [0.2, 0.25) is 0 Å². The van der Waals surface area contributed by atoms with Gasteiger partial charge in [0.25, 0.3) is 0 Å². The van der Waals surface area contributed by atoms with Crippen molar-refractivity contribution in [2.75, 3.05) is 5.32 Å². The molecule has 2 heterocycles. The van der Waals surface area contributed by atoms with E-state index in [1.807, 2.05) is 48.8 Å². The molecule has 0 bridgehead atoms. The fourth-order valence-electron chi connectivity index (χ4n) is 5.03. The predicted octanol–water partition coefficient (Wildman–Crippen LogP) is 8.97. The topological polar surface area (TPSA) is 50.2 Å². The average Bonchev–Trinajstić information content (AvgIpc) is 2.94. The summed E-state index contributed by atoms with van der Waals surface area (Å²) in [5, 5.41) is 3.71. The zero-order valence-corrected chi connectivity index (χ0v) is 24.3. The normalized spacial score (nSPS) is 11.6. The van der Waals surface area contributed by atoms with Gasteiger partial charge < -0.3 is 5.32 Å². The van der Waals surface area contributed by atoms with Crippen LogP contribution in [0.25, 0.3) is 0 Å². The van der Waals surface area contributed by atoms with Gasteiger partial charge in [-0.25, -0.2) is 0 Å². The highest BCUT2D eigenvalue weighted by atomic mass is 15.0. The van der Waals surface area contributed by atoms with Crippen molar-refractivity contribution in [2.45, 2.75) is 47.6 Å². The Hall–Kier alpha value is -4.57. The highest BCUT2D eigenvalue weighted by Crippen LogP contribution is 2.30. The molecule has 202 valence electrons. The summed E-state index contributed by atoms with van der Waals surface area (Å²) in [4.78, 5) is 13.3. The van der Waals surface area contributed by atoms with Crippen molar-refractivity contribution in [1.82, 2.24) is 9.97 Å². The number of nitrogens with one attached hydrogen (secondary N) is 1.